The highest BCUT2D eigenvalue weighted by Crippen LogP contribution is 2.19. The van der Waals surface area contributed by atoms with Crippen LogP contribution in [0.25, 0.3) is 0 Å². The van der Waals surface area contributed by atoms with Gasteiger partial charge in [-0.25, -0.2) is 0 Å². The summed E-state index contributed by atoms with van der Waals surface area (Å²) in [5.74, 6) is -0.0878. The molecule has 0 aliphatic carbocycles. The number of amides is 1. The molecule has 0 unspecified atom stereocenters. The van der Waals surface area contributed by atoms with Crippen molar-refractivity contribution in [3.8, 4) is 0 Å². The van der Waals surface area contributed by atoms with Crippen molar-refractivity contribution < 1.29 is 4.79 Å². The van der Waals surface area contributed by atoms with E-state index in [0.717, 1.165) is 43.1 Å². The Bertz CT molecular complexity index is 677. The van der Waals surface area contributed by atoms with Gasteiger partial charge in [0.2, 0.25) is 0 Å². The number of likely N-dealkylation sites (tertiary alicyclic amines) is 1. The minimum Gasteiger partial charge on any atom is -0.348 e. The maximum Gasteiger partial charge on any atom is 0.271 e. The second-order valence-electron chi connectivity index (χ2n) is 5.99. The number of nitrogens with one attached hydrogen (secondary N) is 1. The van der Waals surface area contributed by atoms with Crippen LogP contribution in [0.3, 0.4) is 0 Å². The molecule has 1 aliphatic heterocycles. The molecule has 0 radical (unpaired) electrons. The third-order valence-electron chi connectivity index (χ3n) is 4.22. The number of hydrogen-bond donors (Lipinski definition) is 1. The lowest BCUT2D eigenvalue weighted by Crippen LogP contribution is -2.44. The van der Waals surface area contributed by atoms with E-state index in [1.54, 1.807) is 16.9 Å². The van der Waals surface area contributed by atoms with Gasteiger partial charge in [-0.2, -0.15) is 5.10 Å². The molecule has 122 valence electrons. The number of carbonyl (C=O) groups is 1. The lowest BCUT2D eigenvalue weighted by molar-refractivity contribution is 0.0903. The van der Waals surface area contributed by atoms with E-state index in [9.17, 15) is 4.79 Å². The zero-order valence-electron chi connectivity index (χ0n) is 13.2. The Morgan fingerprint density at radius 2 is 2.04 bits per heavy atom. The molecule has 1 fully saturated rings. The molecule has 3 rings (SSSR count). The van der Waals surface area contributed by atoms with Crippen LogP contribution in [0, 0.1) is 0 Å². The lowest BCUT2D eigenvalue weighted by Gasteiger charge is -2.32. The van der Waals surface area contributed by atoms with Gasteiger partial charge in [0.25, 0.3) is 5.91 Å². The molecule has 1 N–H and O–H groups in total. The fraction of sp³-hybridized carbons (Fsp3) is 0.412. The van der Waals surface area contributed by atoms with Gasteiger partial charge in [-0.15, -0.1) is 0 Å². The van der Waals surface area contributed by atoms with Crippen molar-refractivity contribution in [2.75, 3.05) is 13.1 Å². The number of piperidine rings is 1. The third kappa shape index (κ3) is 4.12. The van der Waals surface area contributed by atoms with E-state index >= 15 is 0 Å². The molecule has 1 aromatic carbocycles. The lowest BCUT2D eigenvalue weighted by atomic mass is 10.0. The molecule has 0 bridgehead atoms. The molecule has 0 spiro atoms. The molecule has 5 nitrogen and oxygen atoms in total. The first kappa shape index (κ1) is 16.0. The Morgan fingerprint density at radius 1 is 1.30 bits per heavy atom. The summed E-state index contributed by atoms with van der Waals surface area (Å²) in [6.45, 7) is 2.78. The summed E-state index contributed by atoms with van der Waals surface area (Å²) in [6.07, 6.45) is 3.67. The van der Waals surface area contributed by atoms with Crippen LogP contribution in [0.15, 0.2) is 36.5 Å². The largest absolute Gasteiger partial charge is 0.348 e. The number of nitrogens with zero attached hydrogens (tertiary/aromatic N) is 3. The molecule has 1 saturated heterocycles. The average Bonchev–Trinajstić information content (AvgIpc) is 2.98. The zero-order chi connectivity index (χ0) is 16.2. The first-order valence-electron chi connectivity index (χ1n) is 7.88. The zero-order valence-corrected chi connectivity index (χ0v) is 14.0. The molecule has 0 saturated carbocycles. The molecular weight excluding hydrogens is 312 g/mol. The summed E-state index contributed by atoms with van der Waals surface area (Å²) in [5.41, 5.74) is 1.64. The van der Waals surface area contributed by atoms with Crippen LogP contribution in [-0.2, 0) is 13.6 Å². The standard InChI is InChI=1S/C17H21ClN4O/c1-21-9-8-16(20-21)17(23)19-14-6-10-22(11-7-14)12-13-4-2-3-5-15(13)18/h2-5,8-9,14H,6-7,10-12H2,1H3,(H,19,23). The number of halogens is 1. The number of benzene rings is 1. The SMILES string of the molecule is Cn1ccc(C(=O)NC2CCN(Cc3ccccc3Cl)CC2)n1. The molecule has 1 aliphatic rings. The summed E-state index contributed by atoms with van der Waals surface area (Å²) in [6, 6.07) is 9.91. The molecular formula is C17H21ClN4O. The van der Waals surface area contributed by atoms with Crippen LogP contribution in [0.2, 0.25) is 5.02 Å². The summed E-state index contributed by atoms with van der Waals surface area (Å²) >= 11 is 6.22. The number of hydrogen-bond acceptors (Lipinski definition) is 3. The third-order valence-corrected chi connectivity index (χ3v) is 4.59. The van der Waals surface area contributed by atoms with E-state index in [4.69, 9.17) is 11.6 Å². The van der Waals surface area contributed by atoms with Crippen LogP contribution in [0.1, 0.15) is 28.9 Å². The number of carbonyl (C=O) groups excluding carboxylic acids is 1. The summed E-state index contributed by atoms with van der Waals surface area (Å²) < 4.78 is 1.64. The Labute approximate surface area is 141 Å². The predicted molar refractivity (Wildman–Crippen MR) is 90.4 cm³/mol. The highest BCUT2D eigenvalue weighted by molar-refractivity contribution is 6.31. The molecule has 6 heteroatoms. The minimum atomic E-state index is -0.0878. The molecule has 1 amide bonds. The average molecular weight is 333 g/mol. The summed E-state index contributed by atoms with van der Waals surface area (Å²) in [4.78, 5) is 14.5. The number of aromatic nitrogens is 2. The van der Waals surface area contributed by atoms with Crippen LogP contribution in [-0.4, -0.2) is 39.7 Å². The van der Waals surface area contributed by atoms with Crippen molar-refractivity contribution in [3.05, 3.63) is 52.8 Å². The van der Waals surface area contributed by atoms with Gasteiger partial charge in [-0.1, -0.05) is 29.8 Å². The Hall–Kier alpha value is -1.85. The van der Waals surface area contributed by atoms with E-state index in [-0.39, 0.29) is 11.9 Å². The fourth-order valence-corrected chi connectivity index (χ4v) is 3.09. The maximum atomic E-state index is 12.1. The van der Waals surface area contributed by atoms with Crippen LogP contribution in [0.5, 0.6) is 0 Å². The maximum absolute atomic E-state index is 12.1. The van der Waals surface area contributed by atoms with Crippen LogP contribution < -0.4 is 5.32 Å². The van der Waals surface area contributed by atoms with Gasteiger partial charge in [0, 0.05) is 43.9 Å². The number of rotatable bonds is 4. The normalized spacial score (nSPS) is 16.4. The topological polar surface area (TPSA) is 50.2 Å². The molecule has 23 heavy (non-hydrogen) atoms. The monoisotopic (exact) mass is 332 g/mol. The van der Waals surface area contributed by atoms with Gasteiger partial charge in [-0.3, -0.25) is 14.4 Å². The van der Waals surface area contributed by atoms with Gasteiger partial charge >= 0.3 is 0 Å². The van der Waals surface area contributed by atoms with Gasteiger partial charge in [0.15, 0.2) is 0 Å². The van der Waals surface area contributed by atoms with Crippen LogP contribution >= 0.6 is 11.6 Å². The van der Waals surface area contributed by atoms with Gasteiger partial charge in [-0.05, 0) is 30.5 Å². The van der Waals surface area contributed by atoms with Crippen LogP contribution in [0.4, 0.5) is 0 Å². The van der Waals surface area contributed by atoms with Crippen molar-refractivity contribution in [2.24, 2.45) is 7.05 Å². The number of aryl methyl sites for hydroxylation is 1. The molecule has 2 heterocycles. The first-order valence-corrected chi connectivity index (χ1v) is 8.26. The second-order valence-corrected chi connectivity index (χ2v) is 6.40. The van der Waals surface area contributed by atoms with E-state index < -0.39 is 0 Å². The summed E-state index contributed by atoms with van der Waals surface area (Å²) in [5, 5.41) is 8.03. The van der Waals surface area contributed by atoms with Crippen molar-refractivity contribution in [2.45, 2.75) is 25.4 Å². The van der Waals surface area contributed by atoms with E-state index in [1.807, 2.05) is 25.2 Å². The van der Waals surface area contributed by atoms with Gasteiger partial charge < -0.3 is 5.32 Å². The molecule has 2 aromatic rings. The Morgan fingerprint density at radius 3 is 2.70 bits per heavy atom. The molecule has 1 aromatic heterocycles. The minimum absolute atomic E-state index is 0.0878. The van der Waals surface area contributed by atoms with Gasteiger partial charge in [0.1, 0.15) is 5.69 Å². The highest BCUT2D eigenvalue weighted by atomic mass is 35.5. The smallest absolute Gasteiger partial charge is 0.271 e. The molecule has 0 atom stereocenters. The van der Waals surface area contributed by atoms with E-state index in [1.165, 1.54) is 0 Å². The Kier molecular flexibility index (Phi) is 4.98. The second kappa shape index (κ2) is 7.15. The quantitative estimate of drug-likeness (QED) is 0.935. The van der Waals surface area contributed by atoms with Crippen molar-refractivity contribution in [3.63, 3.8) is 0 Å². The van der Waals surface area contributed by atoms with Crippen molar-refractivity contribution in [1.82, 2.24) is 20.0 Å². The van der Waals surface area contributed by atoms with Gasteiger partial charge in [0.05, 0.1) is 0 Å². The van der Waals surface area contributed by atoms with E-state index in [0.29, 0.717) is 5.69 Å². The Balaban J connectivity index is 1.49. The van der Waals surface area contributed by atoms with Crippen molar-refractivity contribution in [1.29, 1.82) is 0 Å². The van der Waals surface area contributed by atoms with Crippen molar-refractivity contribution >= 4 is 17.5 Å². The summed E-state index contributed by atoms with van der Waals surface area (Å²) in [7, 11) is 1.81. The predicted octanol–water partition coefficient (Wildman–Crippen LogP) is 2.47. The first-order chi connectivity index (χ1) is 11.1. The highest BCUT2D eigenvalue weighted by Gasteiger charge is 2.22. The van der Waals surface area contributed by atoms with E-state index in [2.05, 4.69) is 21.4 Å². The fourth-order valence-electron chi connectivity index (χ4n) is 2.90.